The maximum absolute atomic E-state index is 12.1. The van der Waals surface area contributed by atoms with Gasteiger partial charge in [0.2, 0.25) is 5.91 Å². The van der Waals surface area contributed by atoms with E-state index in [1.54, 1.807) is 0 Å². The van der Waals surface area contributed by atoms with Crippen molar-refractivity contribution in [2.24, 2.45) is 17.6 Å². The second kappa shape index (κ2) is 7.29. The van der Waals surface area contributed by atoms with E-state index < -0.39 is 0 Å². The molecule has 0 aliphatic heterocycles. The van der Waals surface area contributed by atoms with Crippen LogP contribution in [-0.2, 0) is 4.79 Å². The highest BCUT2D eigenvalue weighted by Gasteiger charge is 2.20. The van der Waals surface area contributed by atoms with Crippen molar-refractivity contribution in [3.05, 3.63) is 29.8 Å². The van der Waals surface area contributed by atoms with Crippen LogP contribution < -0.4 is 11.1 Å². The van der Waals surface area contributed by atoms with E-state index in [0.717, 1.165) is 12.1 Å². The zero-order chi connectivity index (χ0) is 14.4. The summed E-state index contributed by atoms with van der Waals surface area (Å²) in [7, 11) is 0. The standard InChI is InChI=1S/C16H26N2O/c1-5-12(4)13-6-8-14(9-7-13)18-16(19)15(10-17)11(2)3/h6-9,11-12,15H,5,10,17H2,1-4H3,(H,18,19). The predicted octanol–water partition coefficient (Wildman–Crippen LogP) is 3.37. The van der Waals surface area contributed by atoms with E-state index in [1.807, 2.05) is 26.0 Å². The van der Waals surface area contributed by atoms with Crippen molar-refractivity contribution in [3.63, 3.8) is 0 Å². The van der Waals surface area contributed by atoms with Crippen LogP contribution in [-0.4, -0.2) is 12.5 Å². The third kappa shape index (κ3) is 4.35. The normalized spacial score (nSPS) is 14.2. The molecule has 0 bridgehead atoms. The number of carbonyl (C=O) groups excluding carboxylic acids is 1. The Bertz CT molecular complexity index is 398. The molecular formula is C16H26N2O. The summed E-state index contributed by atoms with van der Waals surface area (Å²) in [4.78, 5) is 12.1. The molecule has 2 unspecified atom stereocenters. The minimum Gasteiger partial charge on any atom is -0.330 e. The summed E-state index contributed by atoms with van der Waals surface area (Å²) in [6, 6.07) is 8.09. The van der Waals surface area contributed by atoms with Crippen LogP contribution in [0.25, 0.3) is 0 Å². The second-order valence-electron chi connectivity index (χ2n) is 5.51. The van der Waals surface area contributed by atoms with Crippen molar-refractivity contribution in [2.75, 3.05) is 11.9 Å². The van der Waals surface area contributed by atoms with E-state index in [-0.39, 0.29) is 17.7 Å². The van der Waals surface area contributed by atoms with Gasteiger partial charge in [-0.25, -0.2) is 0 Å². The van der Waals surface area contributed by atoms with E-state index in [2.05, 4.69) is 31.3 Å². The summed E-state index contributed by atoms with van der Waals surface area (Å²) in [5.41, 5.74) is 7.80. The monoisotopic (exact) mass is 262 g/mol. The van der Waals surface area contributed by atoms with Crippen molar-refractivity contribution < 1.29 is 4.79 Å². The zero-order valence-electron chi connectivity index (χ0n) is 12.4. The first-order valence-electron chi connectivity index (χ1n) is 7.10. The molecule has 1 rings (SSSR count). The Kier molecular flexibility index (Phi) is 6.03. The third-order valence-electron chi connectivity index (χ3n) is 3.76. The third-order valence-corrected chi connectivity index (χ3v) is 3.76. The molecule has 19 heavy (non-hydrogen) atoms. The molecule has 0 spiro atoms. The Hall–Kier alpha value is -1.35. The molecular weight excluding hydrogens is 236 g/mol. The van der Waals surface area contributed by atoms with Gasteiger partial charge in [-0.2, -0.15) is 0 Å². The van der Waals surface area contributed by atoms with E-state index in [9.17, 15) is 4.79 Å². The van der Waals surface area contributed by atoms with Gasteiger partial charge in [0.1, 0.15) is 0 Å². The lowest BCUT2D eigenvalue weighted by Crippen LogP contribution is -2.33. The quantitative estimate of drug-likeness (QED) is 0.826. The summed E-state index contributed by atoms with van der Waals surface area (Å²) in [6.07, 6.45) is 1.12. The molecule has 106 valence electrons. The molecule has 3 heteroatoms. The number of carbonyl (C=O) groups is 1. The fraction of sp³-hybridized carbons (Fsp3) is 0.562. The van der Waals surface area contributed by atoms with Crippen molar-refractivity contribution in [1.82, 2.24) is 0 Å². The van der Waals surface area contributed by atoms with Gasteiger partial charge < -0.3 is 11.1 Å². The maximum atomic E-state index is 12.1. The predicted molar refractivity (Wildman–Crippen MR) is 81.2 cm³/mol. The number of rotatable bonds is 6. The number of anilines is 1. The lowest BCUT2D eigenvalue weighted by atomic mass is 9.95. The van der Waals surface area contributed by atoms with E-state index in [0.29, 0.717) is 12.5 Å². The first-order chi connectivity index (χ1) is 8.99. The Morgan fingerprint density at radius 3 is 2.21 bits per heavy atom. The Morgan fingerprint density at radius 1 is 1.21 bits per heavy atom. The number of nitrogens with two attached hydrogens (primary N) is 1. The van der Waals surface area contributed by atoms with Gasteiger partial charge in [0.25, 0.3) is 0 Å². The van der Waals surface area contributed by atoms with Crippen LogP contribution >= 0.6 is 0 Å². The van der Waals surface area contributed by atoms with Gasteiger partial charge in [0, 0.05) is 12.2 Å². The molecule has 1 aromatic carbocycles. The highest BCUT2D eigenvalue weighted by atomic mass is 16.1. The molecule has 3 N–H and O–H groups in total. The Balaban J connectivity index is 2.70. The van der Waals surface area contributed by atoms with Gasteiger partial charge in [0.05, 0.1) is 5.92 Å². The van der Waals surface area contributed by atoms with Crippen molar-refractivity contribution in [3.8, 4) is 0 Å². The van der Waals surface area contributed by atoms with Gasteiger partial charge >= 0.3 is 0 Å². The molecule has 0 aliphatic rings. The SMILES string of the molecule is CCC(C)c1ccc(NC(=O)C(CN)C(C)C)cc1. The topological polar surface area (TPSA) is 55.1 Å². The van der Waals surface area contributed by atoms with Gasteiger partial charge in [0.15, 0.2) is 0 Å². The second-order valence-corrected chi connectivity index (χ2v) is 5.51. The van der Waals surface area contributed by atoms with Crippen LogP contribution in [0, 0.1) is 11.8 Å². The van der Waals surface area contributed by atoms with E-state index in [1.165, 1.54) is 5.56 Å². The summed E-state index contributed by atoms with van der Waals surface area (Å²) < 4.78 is 0. The minimum atomic E-state index is -0.130. The molecule has 3 nitrogen and oxygen atoms in total. The molecule has 0 saturated carbocycles. The maximum Gasteiger partial charge on any atom is 0.229 e. The Morgan fingerprint density at radius 2 is 1.79 bits per heavy atom. The fourth-order valence-corrected chi connectivity index (χ4v) is 2.05. The van der Waals surface area contributed by atoms with E-state index in [4.69, 9.17) is 5.73 Å². The molecule has 0 radical (unpaired) electrons. The number of hydrogen-bond acceptors (Lipinski definition) is 2. The summed E-state index contributed by atoms with van der Waals surface area (Å²) in [5, 5.41) is 2.94. The zero-order valence-corrected chi connectivity index (χ0v) is 12.4. The summed E-state index contributed by atoms with van der Waals surface area (Å²) in [5.74, 6) is 0.685. The first kappa shape index (κ1) is 15.7. The van der Waals surface area contributed by atoms with Crippen LogP contribution in [0.4, 0.5) is 5.69 Å². The average molecular weight is 262 g/mol. The lowest BCUT2D eigenvalue weighted by molar-refractivity contribution is -0.120. The van der Waals surface area contributed by atoms with Crippen LogP contribution in [0.5, 0.6) is 0 Å². The van der Waals surface area contributed by atoms with Crippen molar-refractivity contribution in [1.29, 1.82) is 0 Å². The molecule has 1 aromatic rings. The van der Waals surface area contributed by atoms with Gasteiger partial charge in [-0.05, 0) is 36.0 Å². The fourth-order valence-electron chi connectivity index (χ4n) is 2.05. The highest BCUT2D eigenvalue weighted by molar-refractivity contribution is 5.92. The molecule has 0 aromatic heterocycles. The van der Waals surface area contributed by atoms with Crippen LogP contribution in [0.15, 0.2) is 24.3 Å². The Labute approximate surface area is 116 Å². The van der Waals surface area contributed by atoms with Gasteiger partial charge in [-0.3, -0.25) is 4.79 Å². The van der Waals surface area contributed by atoms with Crippen LogP contribution in [0.2, 0.25) is 0 Å². The molecule has 1 amide bonds. The van der Waals surface area contributed by atoms with Crippen molar-refractivity contribution in [2.45, 2.75) is 40.0 Å². The molecule has 0 aliphatic carbocycles. The van der Waals surface area contributed by atoms with Gasteiger partial charge in [-0.15, -0.1) is 0 Å². The number of amides is 1. The first-order valence-corrected chi connectivity index (χ1v) is 7.10. The number of hydrogen-bond donors (Lipinski definition) is 2. The number of nitrogens with one attached hydrogen (secondary N) is 1. The lowest BCUT2D eigenvalue weighted by Gasteiger charge is -2.18. The molecule has 0 heterocycles. The average Bonchev–Trinajstić information content (AvgIpc) is 2.39. The van der Waals surface area contributed by atoms with Crippen LogP contribution in [0.1, 0.15) is 45.6 Å². The molecule has 0 saturated heterocycles. The molecule has 0 fully saturated rings. The van der Waals surface area contributed by atoms with Crippen LogP contribution in [0.3, 0.4) is 0 Å². The van der Waals surface area contributed by atoms with Crippen molar-refractivity contribution >= 4 is 11.6 Å². The van der Waals surface area contributed by atoms with Gasteiger partial charge in [-0.1, -0.05) is 39.8 Å². The summed E-state index contributed by atoms with van der Waals surface area (Å²) >= 11 is 0. The number of benzene rings is 1. The largest absolute Gasteiger partial charge is 0.330 e. The minimum absolute atomic E-state index is 0.00814. The smallest absolute Gasteiger partial charge is 0.229 e. The highest BCUT2D eigenvalue weighted by Crippen LogP contribution is 2.21. The molecule has 2 atom stereocenters. The summed E-state index contributed by atoms with van der Waals surface area (Å²) in [6.45, 7) is 8.80. The van der Waals surface area contributed by atoms with E-state index >= 15 is 0 Å².